The third-order valence-electron chi connectivity index (χ3n) is 1.06. The van der Waals surface area contributed by atoms with E-state index >= 15 is 0 Å². The van der Waals surface area contributed by atoms with Crippen molar-refractivity contribution in [2.24, 2.45) is 0 Å². The Hall–Kier alpha value is -0.253. The van der Waals surface area contributed by atoms with Gasteiger partial charge in [-0.3, -0.25) is 0 Å². The van der Waals surface area contributed by atoms with E-state index in [4.69, 9.17) is 0 Å². The Morgan fingerprint density at radius 1 is 1.50 bits per heavy atom. The van der Waals surface area contributed by atoms with Crippen LogP contribution >= 0.6 is 0 Å². The fourth-order valence-corrected chi connectivity index (χ4v) is 0.542. The molecule has 8 heavy (non-hydrogen) atoms. The number of pyridine rings is 1. The van der Waals surface area contributed by atoms with Gasteiger partial charge < -0.3 is 0 Å². The maximum absolute atomic E-state index is 4.08. The molecule has 0 aromatic carbocycles. The predicted molar refractivity (Wildman–Crippen MR) is 34.4 cm³/mol. The summed E-state index contributed by atoms with van der Waals surface area (Å²) >= 11 is 2.03. The van der Waals surface area contributed by atoms with Crippen molar-refractivity contribution in [2.75, 3.05) is 0 Å². The van der Waals surface area contributed by atoms with Crippen LogP contribution in [0, 0.1) is 6.92 Å². The molecule has 1 rings (SSSR count). The second-order valence-corrected chi connectivity index (χ2v) is 1.98. The van der Waals surface area contributed by atoms with Crippen molar-refractivity contribution < 1.29 is 0 Å². The van der Waals surface area contributed by atoms with E-state index in [1.165, 1.54) is 4.24 Å². The molecule has 2 heteroatoms. The molecule has 1 aromatic rings. The molecule has 0 spiro atoms. The van der Waals surface area contributed by atoms with Gasteiger partial charge in [0.2, 0.25) is 0 Å². The van der Waals surface area contributed by atoms with E-state index in [-0.39, 0.29) is 0 Å². The van der Waals surface area contributed by atoms with Crippen LogP contribution < -0.4 is 4.24 Å². The second-order valence-electron chi connectivity index (χ2n) is 1.98. The summed E-state index contributed by atoms with van der Waals surface area (Å²) in [7, 11) is 0. The summed E-state index contributed by atoms with van der Waals surface area (Å²) in [4.78, 5) is 4.08. The van der Waals surface area contributed by atoms with Crippen LogP contribution in [0.2, 0.25) is 0 Å². The van der Waals surface area contributed by atoms with Gasteiger partial charge in [-0.15, -0.1) is 0 Å². The Bertz CT molecular complexity index is 147. The zero-order valence-corrected chi connectivity index (χ0v) is 5.18. The Kier molecular flexibility index (Phi) is 1.72. The zero-order chi connectivity index (χ0) is 5.98. The molecule has 0 aliphatic heterocycles. The summed E-state index contributed by atoms with van der Waals surface area (Å²) in [5, 5.41) is 0. The summed E-state index contributed by atoms with van der Waals surface area (Å²) in [5.41, 5.74) is 1.08. The van der Waals surface area contributed by atoms with Gasteiger partial charge in [0.05, 0.1) is 0 Å². The summed E-state index contributed by atoms with van der Waals surface area (Å²) in [6.07, 6.45) is 1.87. The summed E-state index contributed by atoms with van der Waals surface area (Å²) in [6.45, 7) is 1.99. The molecule has 1 heterocycles. The van der Waals surface area contributed by atoms with Gasteiger partial charge in [-0.2, -0.15) is 0 Å². The Morgan fingerprint density at radius 2 is 2.25 bits per heavy atom. The topological polar surface area (TPSA) is 12.9 Å². The molecule has 0 radical (unpaired) electrons. The molecule has 1 nitrogen and oxygen atoms in total. The van der Waals surface area contributed by atoms with E-state index in [1.807, 2.05) is 36.9 Å². The van der Waals surface area contributed by atoms with Crippen LogP contribution in [0.15, 0.2) is 18.3 Å². The van der Waals surface area contributed by atoms with Gasteiger partial charge in [0.1, 0.15) is 0 Å². The summed E-state index contributed by atoms with van der Waals surface area (Å²) in [6, 6.07) is 4.07. The number of hydrogen-bond donors (Lipinski definition) is 0. The average molecular weight is 99.1 g/mol. The van der Waals surface area contributed by atoms with Crippen LogP contribution in [0.3, 0.4) is 0 Å². The standard InChI is InChI=1S/C6H6N.Li/c1-6-4-2-3-5-7-6;/h2,4-5H,1H3;. The Labute approximate surface area is 58.3 Å². The van der Waals surface area contributed by atoms with Crippen LogP contribution in [0.4, 0.5) is 0 Å². The molecule has 36 valence electrons. The molecule has 0 atom stereocenters. The zero-order valence-electron chi connectivity index (χ0n) is 5.18. The minimum atomic E-state index is 1.08. The predicted octanol–water partition coefficient (Wildman–Crippen LogP) is 0.184. The SMILES string of the molecule is [Li][c]1ccc(C)nc1. The van der Waals surface area contributed by atoms with Crippen LogP contribution in [-0.4, -0.2) is 22.7 Å². The van der Waals surface area contributed by atoms with Gasteiger partial charge in [-0.05, 0) is 0 Å². The molecule has 0 aliphatic carbocycles. The molecule has 0 aliphatic rings. The normalized spacial score (nSPS) is 9.38. The van der Waals surface area contributed by atoms with Crippen LogP contribution in [0.5, 0.6) is 0 Å². The third-order valence-corrected chi connectivity index (χ3v) is 1.06. The van der Waals surface area contributed by atoms with Crippen molar-refractivity contribution in [3.63, 3.8) is 0 Å². The van der Waals surface area contributed by atoms with Crippen molar-refractivity contribution in [3.8, 4) is 0 Å². The molecule has 0 fully saturated rings. The van der Waals surface area contributed by atoms with Crippen LogP contribution in [0.1, 0.15) is 5.69 Å². The molecule has 0 N–H and O–H groups in total. The van der Waals surface area contributed by atoms with Crippen LogP contribution in [0.25, 0.3) is 0 Å². The average Bonchev–Trinajstić information content (AvgIpc) is 1.77. The molecule has 0 unspecified atom stereocenters. The second kappa shape index (κ2) is 2.35. The minimum absolute atomic E-state index is 1.08. The van der Waals surface area contributed by atoms with Gasteiger partial charge >= 0.3 is 57.9 Å². The van der Waals surface area contributed by atoms with E-state index in [0.29, 0.717) is 0 Å². The van der Waals surface area contributed by atoms with E-state index in [0.717, 1.165) is 5.69 Å². The molecular formula is C6H6LiN. The van der Waals surface area contributed by atoms with E-state index in [1.54, 1.807) is 0 Å². The van der Waals surface area contributed by atoms with Crippen molar-refractivity contribution in [2.45, 2.75) is 6.92 Å². The molecule has 1 aromatic heterocycles. The van der Waals surface area contributed by atoms with Crippen molar-refractivity contribution >= 4 is 22.0 Å². The quantitative estimate of drug-likeness (QED) is 0.423. The van der Waals surface area contributed by atoms with Gasteiger partial charge in [0.25, 0.3) is 0 Å². The first-order valence-electron chi connectivity index (χ1n) is 2.68. The number of rotatable bonds is 0. The first-order chi connectivity index (χ1) is 3.79. The van der Waals surface area contributed by atoms with E-state index < -0.39 is 0 Å². The first-order valence-corrected chi connectivity index (χ1v) is 2.68. The maximum atomic E-state index is 4.08. The molecular weight excluding hydrogens is 93.0 g/mol. The number of aromatic nitrogens is 1. The number of hydrogen-bond acceptors (Lipinski definition) is 1. The molecule has 0 bridgehead atoms. The van der Waals surface area contributed by atoms with Crippen molar-refractivity contribution in [3.05, 3.63) is 24.0 Å². The molecule has 0 saturated carbocycles. The number of nitrogens with zero attached hydrogens (tertiary/aromatic N) is 1. The molecule has 0 saturated heterocycles. The fraction of sp³-hybridized carbons (Fsp3) is 0.167. The van der Waals surface area contributed by atoms with Gasteiger partial charge in [0.15, 0.2) is 0 Å². The Morgan fingerprint density at radius 3 is 2.62 bits per heavy atom. The molecule has 0 amide bonds. The summed E-state index contributed by atoms with van der Waals surface area (Å²) in [5.74, 6) is 0. The monoisotopic (exact) mass is 99.1 g/mol. The van der Waals surface area contributed by atoms with E-state index in [2.05, 4.69) is 11.1 Å². The first kappa shape index (κ1) is 5.88. The van der Waals surface area contributed by atoms with Crippen LogP contribution in [-0.2, 0) is 0 Å². The van der Waals surface area contributed by atoms with Gasteiger partial charge in [-0.1, -0.05) is 0 Å². The van der Waals surface area contributed by atoms with Crippen molar-refractivity contribution in [1.82, 2.24) is 4.98 Å². The Balaban J connectivity index is 3.03. The van der Waals surface area contributed by atoms with Crippen molar-refractivity contribution in [1.29, 1.82) is 0 Å². The fourth-order valence-electron chi connectivity index (χ4n) is 0.542. The van der Waals surface area contributed by atoms with Gasteiger partial charge in [0, 0.05) is 0 Å². The summed E-state index contributed by atoms with van der Waals surface area (Å²) < 4.78 is 1.22. The third kappa shape index (κ3) is 1.36. The van der Waals surface area contributed by atoms with Gasteiger partial charge in [-0.25, -0.2) is 0 Å². The van der Waals surface area contributed by atoms with E-state index in [9.17, 15) is 0 Å². The number of aryl methyl sites for hydroxylation is 1.